The molecule has 7 N–H and O–H groups in total. The van der Waals surface area contributed by atoms with Crippen LogP contribution in [0.4, 0.5) is 0 Å². The number of primary amides is 2. The average Bonchev–Trinajstić information content (AvgIpc) is 2.14. The van der Waals surface area contributed by atoms with Gasteiger partial charge in [0.2, 0.25) is 17.7 Å². The second-order valence-corrected chi connectivity index (χ2v) is 3.20. The first-order valence-electron chi connectivity index (χ1n) is 4.64. The highest BCUT2D eigenvalue weighted by molar-refractivity contribution is 5.83. The largest absolute Gasteiger partial charge is 0.391 e. The van der Waals surface area contributed by atoms with Crippen molar-refractivity contribution < 1.29 is 19.5 Å². The lowest BCUT2D eigenvalue weighted by molar-refractivity contribution is -0.126. The van der Waals surface area contributed by atoms with Gasteiger partial charge in [-0.25, -0.2) is 0 Å². The summed E-state index contributed by atoms with van der Waals surface area (Å²) in [5, 5.41) is 14.1. The molecule has 0 aliphatic carbocycles. The van der Waals surface area contributed by atoms with E-state index in [4.69, 9.17) is 11.5 Å². The second kappa shape index (κ2) is 7.60. The maximum absolute atomic E-state index is 11.1. The van der Waals surface area contributed by atoms with Crippen LogP contribution in [0, 0.1) is 0 Å². The first-order valence-corrected chi connectivity index (χ1v) is 4.64. The highest BCUT2D eigenvalue weighted by atomic mass is 16.3. The molecule has 16 heavy (non-hydrogen) atoms. The van der Waals surface area contributed by atoms with E-state index < -0.39 is 23.8 Å². The Hall–Kier alpha value is -1.67. The summed E-state index contributed by atoms with van der Waals surface area (Å²) in [7, 11) is 0. The lowest BCUT2D eigenvalue weighted by Crippen LogP contribution is -2.39. The number of aliphatic hydroxyl groups excluding tert-OH is 1. The summed E-state index contributed by atoms with van der Waals surface area (Å²) in [6, 6.07) is 0. The van der Waals surface area contributed by atoms with Crippen molar-refractivity contribution in [2.75, 3.05) is 19.6 Å². The van der Waals surface area contributed by atoms with Gasteiger partial charge in [0.1, 0.15) is 0 Å². The molecule has 0 saturated carbocycles. The van der Waals surface area contributed by atoms with Crippen molar-refractivity contribution >= 4 is 17.7 Å². The quantitative estimate of drug-likeness (QED) is 0.293. The maximum Gasteiger partial charge on any atom is 0.236 e. The Labute approximate surface area is 92.4 Å². The van der Waals surface area contributed by atoms with E-state index in [1.165, 1.54) is 0 Å². The van der Waals surface area contributed by atoms with Gasteiger partial charge in [-0.1, -0.05) is 0 Å². The third-order valence-corrected chi connectivity index (χ3v) is 1.56. The molecule has 0 rings (SSSR count). The van der Waals surface area contributed by atoms with E-state index in [1.54, 1.807) is 0 Å². The van der Waals surface area contributed by atoms with Crippen LogP contribution in [0.25, 0.3) is 0 Å². The number of hydrogen-bond donors (Lipinski definition) is 5. The fraction of sp³-hybridized carbons (Fsp3) is 0.625. The topological polar surface area (TPSA) is 148 Å². The van der Waals surface area contributed by atoms with Crippen molar-refractivity contribution in [1.29, 1.82) is 0 Å². The number of amides is 3. The molecule has 1 atom stereocenters. The highest BCUT2D eigenvalue weighted by Gasteiger charge is 2.10. The molecule has 0 bridgehead atoms. The molecule has 0 aromatic carbocycles. The molecule has 0 aromatic heterocycles. The lowest BCUT2D eigenvalue weighted by Gasteiger charge is -2.10. The van der Waals surface area contributed by atoms with Crippen LogP contribution in [-0.4, -0.2) is 48.6 Å². The van der Waals surface area contributed by atoms with Gasteiger partial charge < -0.3 is 27.2 Å². The van der Waals surface area contributed by atoms with Gasteiger partial charge in [-0.2, -0.15) is 0 Å². The van der Waals surface area contributed by atoms with Crippen LogP contribution < -0.4 is 22.1 Å². The molecule has 0 heterocycles. The van der Waals surface area contributed by atoms with Crippen molar-refractivity contribution in [2.45, 2.75) is 12.5 Å². The Morgan fingerprint density at radius 3 is 2.19 bits per heavy atom. The summed E-state index contributed by atoms with van der Waals surface area (Å²) in [6.07, 6.45) is -1.13. The molecule has 0 aromatic rings. The molecule has 3 amide bonds. The minimum atomic E-state index is -0.952. The average molecular weight is 232 g/mol. The standard InChI is InChI=1S/C8H16N4O4/c9-6(14)3-11-2-5(13)1-8(16)12-4-7(10)15/h5,11,13H,1-4H2,(H2,9,14)(H2,10,15)(H,12,16). The van der Waals surface area contributed by atoms with E-state index in [0.29, 0.717) is 0 Å². The van der Waals surface area contributed by atoms with Gasteiger partial charge in [0, 0.05) is 6.54 Å². The fourth-order valence-electron chi connectivity index (χ4n) is 0.906. The molecule has 8 heteroatoms. The Morgan fingerprint density at radius 1 is 1.12 bits per heavy atom. The van der Waals surface area contributed by atoms with Crippen molar-refractivity contribution in [3.63, 3.8) is 0 Å². The van der Waals surface area contributed by atoms with Crippen molar-refractivity contribution in [1.82, 2.24) is 10.6 Å². The zero-order chi connectivity index (χ0) is 12.6. The number of nitrogens with two attached hydrogens (primary N) is 2. The first-order chi connectivity index (χ1) is 7.41. The number of nitrogens with one attached hydrogen (secondary N) is 2. The predicted octanol–water partition coefficient (Wildman–Crippen LogP) is -3.59. The van der Waals surface area contributed by atoms with E-state index in [9.17, 15) is 19.5 Å². The molecule has 0 saturated heterocycles. The summed E-state index contributed by atoms with van der Waals surface area (Å²) in [5.41, 5.74) is 9.65. The van der Waals surface area contributed by atoms with Gasteiger partial charge in [-0.15, -0.1) is 0 Å². The molecule has 0 spiro atoms. The molecule has 0 aliphatic rings. The van der Waals surface area contributed by atoms with Crippen LogP contribution in [-0.2, 0) is 14.4 Å². The van der Waals surface area contributed by atoms with Gasteiger partial charge >= 0.3 is 0 Å². The van der Waals surface area contributed by atoms with Gasteiger partial charge in [0.15, 0.2) is 0 Å². The fourth-order valence-corrected chi connectivity index (χ4v) is 0.906. The Balaban J connectivity index is 3.61. The normalized spacial score (nSPS) is 11.8. The van der Waals surface area contributed by atoms with Gasteiger partial charge in [-0.3, -0.25) is 14.4 Å². The zero-order valence-corrected chi connectivity index (χ0v) is 8.73. The smallest absolute Gasteiger partial charge is 0.236 e. The monoisotopic (exact) mass is 232 g/mol. The second-order valence-electron chi connectivity index (χ2n) is 3.20. The Bertz CT molecular complexity index is 269. The minimum absolute atomic E-state index is 0.0624. The van der Waals surface area contributed by atoms with Crippen LogP contribution in [0.3, 0.4) is 0 Å². The molecule has 1 unspecified atom stereocenters. The Morgan fingerprint density at radius 2 is 1.69 bits per heavy atom. The molecule has 0 radical (unpaired) electrons. The molecule has 0 fully saturated rings. The third kappa shape index (κ3) is 8.91. The van der Waals surface area contributed by atoms with Gasteiger partial charge in [0.05, 0.1) is 25.6 Å². The summed E-state index contributed by atoms with van der Waals surface area (Å²) < 4.78 is 0. The summed E-state index contributed by atoms with van der Waals surface area (Å²) >= 11 is 0. The van der Waals surface area contributed by atoms with Gasteiger partial charge in [-0.05, 0) is 0 Å². The van der Waals surface area contributed by atoms with E-state index in [-0.39, 0.29) is 26.1 Å². The van der Waals surface area contributed by atoms with Crippen LogP contribution in [0.2, 0.25) is 0 Å². The third-order valence-electron chi connectivity index (χ3n) is 1.56. The van der Waals surface area contributed by atoms with Crippen LogP contribution in [0.15, 0.2) is 0 Å². The Kier molecular flexibility index (Phi) is 6.81. The summed E-state index contributed by atoms with van der Waals surface area (Å²) in [4.78, 5) is 31.7. The van der Waals surface area contributed by atoms with Crippen LogP contribution >= 0.6 is 0 Å². The number of carbonyl (C=O) groups excluding carboxylic acids is 3. The predicted molar refractivity (Wildman–Crippen MR) is 54.9 cm³/mol. The van der Waals surface area contributed by atoms with Gasteiger partial charge in [0.25, 0.3) is 0 Å². The van der Waals surface area contributed by atoms with Crippen molar-refractivity contribution in [3.8, 4) is 0 Å². The van der Waals surface area contributed by atoms with E-state index in [1.807, 2.05) is 0 Å². The summed E-state index contributed by atoms with van der Waals surface area (Å²) in [6.45, 7) is -0.271. The van der Waals surface area contributed by atoms with Crippen molar-refractivity contribution in [3.05, 3.63) is 0 Å². The zero-order valence-electron chi connectivity index (χ0n) is 8.73. The van der Waals surface area contributed by atoms with Crippen LogP contribution in [0.1, 0.15) is 6.42 Å². The van der Waals surface area contributed by atoms with Crippen LogP contribution in [0.5, 0.6) is 0 Å². The lowest BCUT2D eigenvalue weighted by atomic mass is 10.2. The minimum Gasteiger partial charge on any atom is -0.391 e. The molecule has 8 nitrogen and oxygen atoms in total. The molecule has 92 valence electrons. The van der Waals surface area contributed by atoms with Crippen molar-refractivity contribution in [2.24, 2.45) is 11.5 Å². The molecular formula is C8H16N4O4. The van der Waals surface area contributed by atoms with E-state index in [0.717, 1.165) is 0 Å². The number of carbonyl (C=O) groups is 3. The molecule has 0 aliphatic heterocycles. The van der Waals surface area contributed by atoms with E-state index >= 15 is 0 Å². The first kappa shape index (κ1) is 14.3. The van der Waals surface area contributed by atoms with E-state index in [2.05, 4.69) is 10.6 Å². The molecular weight excluding hydrogens is 216 g/mol. The number of rotatable bonds is 8. The number of aliphatic hydroxyl groups is 1. The highest BCUT2D eigenvalue weighted by Crippen LogP contribution is 1.89. The maximum atomic E-state index is 11.1. The summed E-state index contributed by atoms with van der Waals surface area (Å²) in [5.74, 6) is -1.70. The SMILES string of the molecule is NC(=O)CNCC(O)CC(=O)NCC(N)=O. The number of hydrogen-bond acceptors (Lipinski definition) is 5.